The van der Waals surface area contributed by atoms with Crippen LogP contribution < -0.4 is 4.74 Å². The maximum Gasteiger partial charge on any atom is 0.335 e. The molecule has 2 heterocycles. The number of hydrogen-bond donors (Lipinski definition) is 1. The van der Waals surface area contributed by atoms with Crippen LogP contribution in [0.2, 0.25) is 0 Å². The zero-order valence-corrected chi connectivity index (χ0v) is 32.6. The lowest BCUT2D eigenvalue weighted by molar-refractivity contribution is 0.0696. The Labute approximate surface area is 299 Å². The fourth-order valence-electron chi connectivity index (χ4n) is 3.92. The van der Waals surface area contributed by atoms with Crippen molar-refractivity contribution in [2.75, 3.05) is 43.3 Å². The maximum atomic E-state index is 11.1. The van der Waals surface area contributed by atoms with Crippen molar-refractivity contribution in [3.8, 4) is 5.75 Å². The average Bonchev–Trinajstić information content (AvgIpc) is 3.64. The van der Waals surface area contributed by atoms with Gasteiger partial charge in [0, 0.05) is 13.2 Å². The summed E-state index contributed by atoms with van der Waals surface area (Å²) in [7, 11) is 0. The van der Waals surface area contributed by atoms with Crippen LogP contribution in [0, 0.1) is 0 Å². The average molecular weight is 751 g/mol. The Morgan fingerprint density at radius 1 is 0.705 bits per heavy atom. The molecular weight excluding hydrogens is 705 g/mol. The maximum absolute atomic E-state index is 11.1. The van der Waals surface area contributed by atoms with E-state index in [9.17, 15) is 4.79 Å². The second-order valence-electron chi connectivity index (χ2n) is 10.0. The number of thioether (sulfide) groups is 8. The Bertz CT molecular complexity index is 1100. The molecule has 1 N–H and O–H groups in total. The number of hydrogen-bond acceptors (Lipinski definition) is 11. The number of unbranched alkanes of at least 4 members (excludes halogenated alkanes) is 6. The zero-order chi connectivity index (χ0) is 31.4. The highest BCUT2D eigenvalue weighted by atomic mass is 32.3. The lowest BCUT2D eigenvalue weighted by Gasteiger charge is -2.08. The molecule has 3 rings (SSSR count). The molecule has 1 aromatic carbocycles. The highest BCUT2D eigenvalue weighted by molar-refractivity contribution is 8.45. The number of carboxylic acids is 1. The quantitative estimate of drug-likeness (QED) is 0.102. The van der Waals surface area contributed by atoms with E-state index in [0.717, 1.165) is 44.6 Å². The van der Waals surface area contributed by atoms with Crippen LogP contribution in [0.3, 0.4) is 0 Å². The topological polar surface area (TPSA) is 55.8 Å². The number of benzene rings is 1. The van der Waals surface area contributed by atoms with Gasteiger partial charge in [-0.05, 0) is 80.2 Å². The lowest BCUT2D eigenvalue weighted by Crippen LogP contribution is -2.03. The second-order valence-corrected chi connectivity index (χ2v) is 19.8. The van der Waals surface area contributed by atoms with Gasteiger partial charge in [-0.25, -0.2) is 4.79 Å². The minimum Gasteiger partial charge on any atom is -0.494 e. The van der Waals surface area contributed by atoms with E-state index in [1.165, 1.54) is 67.0 Å². The van der Waals surface area contributed by atoms with E-state index in [0.29, 0.717) is 12.4 Å². The van der Waals surface area contributed by atoms with Gasteiger partial charge in [-0.2, -0.15) is 0 Å². The van der Waals surface area contributed by atoms with E-state index < -0.39 is 5.97 Å². The molecule has 12 heteroatoms. The van der Waals surface area contributed by atoms with Gasteiger partial charge in [-0.3, -0.25) is 0 Å². The van der Waals surface area contributed by atoms with Crippen molar-refractivity contribution in [3.05, 3.63) is 55.3 Å². The number of carbonyl (C=O) groups is 1. The summed E-state index contributed by atoms with van der Waals surface area (Å²) in [6.07, 6.45) is 14.1. The standard InChI is InChI=1S/C32H46O4S8/c1-4-6-11-20-39-29-30(40-21-12-7-5-2)44-32(43-29)31-41-27(37-3)28(42-31)38-22-13-10-18-35-17-8-9-19-36-25-16-14-15-24(23-25)26(33)34/h14-16,23H,4-13,17-22H2,1-3H3,(H,33,34). The minimum atomic E-state index is -0.936. The monoisotopic (exact) mass is 750 g/mol. The fourth-order valence-corrected chi connectivity index (χ4v) is 15.7. The van der Waals surface area contributed by atoms with Crippen LogP contribution in [0.15, 0.2) is 49.7 Å². The van der Waals surface area contributed by atoms with E-state index in [-0.39, 0.29) is 5.56 Å². The van der Waals surface area contributed by atoms with Crippen LogP contribution in [0.5, 0.6) is 5.75 Å². The highest BCUT2D eigenvalue weighted by Gasteiger charge is 2.30. The molecular formula is C32H46O4S8. The Balaban J connectivity index is 1.31. The molecule has 44 heavy (non-hydrogen) atoms. The van der Waals surface area contributed by atoms with Gasteiger partial charge >= 0.3 is 5.97 Å². The van der Waals surface area contributed by atoms with Crippen LogP contribution in [-0.2, 0) is 4.74 Å². The van der Waals surface area contributed by atoms with Gasteiger partial charge in [0.1, 0.15) is 5.75 Å². The Morgan fingerprint density at radius 2 is 1.20 bits per heavy atom. The van der Waals surface area contributed by atoms with Gasteiger partial charge in [0.2, 0.25) is 0 Å². The summed E-state index contributed by atoms with van der Waals surface area (Å²) < 4.78 is 20.5. The molecule has 0 unspecified atom stereocenters. The molecule has 0 aromatic heterocycles. The molecule has 4 nitrogen and oxygen atoms in total. The third-order valence-corrected chi connectivity index (χ3v) is 18.0. The molecule has 2 aliphatic heterocycles. The summed E-state index contributed by atoms with van der Waals surface area (Å²) >= 11 is 16.1. The molecule has 0 saturated heterocycles. The first kappa shape index (κ1) is 38.9. The number of carboxylic acid groups (broad SMARTS) is 1. The normalized spacial score (nSPS) is 15.2. The van der Waals surface area contributed by atoms with Crippen molar-refractivity contribution in [2.45, 2.75) is 78.1 Å². The van der Waals surface area contributed by atoms with Gasteiger partial charge in [0.05, 0.1) is 37.6 Å². The van der Waals surface area contributed by atoms with E-state index in [1.807, 2.05) is 70.6 Å². The Hall–Kier alpha value is 0.470. The zero-order valence-electron chi connectivity index (χ0n) is 26.1. The first-order valence-electron chi connectivity index (χ1n) is 15.5. The molecule has 2 aliphatic rings. The van der Waals surface area contributed by atoms with Gasteiger partial charge in [-0.15, -0.1) is 47.0 Å². The van der Waals surface area contributed by atoms with Crippen molar-refractivity contribution in [1.29, 1.82) is 0 Å². The van der Waals surface area contributed by atoms with Crippen LogP contribution in [0.1, 0.15) is 88.4 Å². The highest BCUT2D eigenvalue weighted by Crippen LogP contribution is 2.66. The lowest BCUT2D eigenvalue weighted by atomic mass is 10.2. The predicted octanol–water partition coefficient (Wildman–Crippen LogP) is 12.6. The van der Waals surface area contributed by atoms with E-state index >= 15 is 0 Å². The number of ether oxygens (including phenoxy) is 2. The van der Waals surface area contributed by atoms with Gasteiger partial charge in [0.15, 0.2) is 0 Å². The van der Waals surface area contributed by atoms with Crippen molar-refractivity contribution < 1.29 is 19.4 Å². The van der Waals surface area contributed by atoms with Gasteiger partial charge in [0.25, 0.3) is 0 Å². The first-order chi connectivity index (χ1) is 21.5. The third kappa shape index (κ3) is 14.7. The van der Waals surface area contributed by atoms with Gasteiger partial charge in [-0.1, -0.05) is 92.6 Å². The summed E-state index contributed by atoms with van der Waals surface area (Å²) in [5.41, 5.74) is 0.249. The van der Waals surface area contributed by atoms with E-state index in [2.05, 4.69) is 43.6 Å². The molecule has 0 spiro atoms. The molecule has 1 aromatic rings. The predicted molar refractivity (Wildman–Crippen MR) is 210 cm³/mol. The summed E-state index contributed by atoms with van der Waals surface area (Å²) in [5.74, 6) is 3.26. The molecule has 0 amide bonds. The summed E-state index contributed by atoms with van der Waals surface area (Å²) in [4.78, 5) is 11.1. The van der Waals surface area contributed by atoms with Crippen molar-refractivity contribution in [1.82, 2.24) is 0 Å². The van der Waals surface area contributed by atoms with Crippen LogP contribution >= 0.6 is 94.1 Å². The first-order valence-corrected chi connectivity index (χ1v) is 22.9. The minimum absolute atomic E-state index is 0.249. The van der Waals surface area contributed by atoms with Crippen LogP contribution in [-0.4, -0.2) is 54.4 Å². The van der Waals surface area contributed by atoms with Crippen LogP contribution in [0.4, 0.5) is 0 Å². The SMILES string of the molecule is CCCCCSC1=C(SCCCCC)SC(=C2SC(SC)=C(SCCCCOCCCCOc3cccc(C(=O)O)c3)S2)S1. The van der Waals surface area contributed by atoms with E-state index in [1.54, 1.807) is 32.7 Å². The summed E-state index contributed by atoms with van der Waals surface area (Å²) in [5, 5.41) is 9.08. The number of aromatic carboxylic acids is 1. The molecule has 0 atom stereocenters. The largest absolute Gasteiger partial charge is 0.494 e. The summed E-state index contributed by atoms with van der Waals surface area (Å²) in [6.45, 7) is 6.66. The van der Waals surface area contributed by atoms with Crippen LogP contribution in [0.25, 0.3) is 0 Å². The molecule has 0 saturated carbocycles. The molecule has 0 aliphatic carbocycles. The molecule has 0 radical (unpaired) electrons. The summed E-state index contributed by atoms with van der Waals surface area (Å²) in [6, 6.07) is 6.64. The van der Waals surface area contributed by atoms with Crippen molar-refractivity contribution >= 4 is 100 Å². The molecule has 246 valence electrons. The smallest absolute Gasteiger partial charge is 0.335 e. The third-order valence-electron chi connectivity index (χ3n) is 6.34. The Morgan fingerprint density at radius 3 is 1.75 bits per heavy atom. The van der Waals surface area contributed by atoms with E-state index in [4.69, 9.17) is 14.6 Å². The van der Waals surface area contributed by atoms with Gasteiger partial charge < -0.3 is 14.6 Å². The van der Waals surface area contributed by atoms with Crippen molar-refractivity contribution in [2.24, 2.45) is 0 Å². The molecule has 0 fully saturated rings. The van der Waals surface area contributed by atoms with Crippen molar-refractivity contribution in [3.63, 3.8) is 0 Å². The molecule has 0 bridgehead atoms. The Kier molecular flexibility index (Phi) is 21.0. The second kappa shape index (κ2) is 23.7. The fraction of sp³-hybridized carbons (Fsp3) is 0.594. The number of rotatable bonds is 24.